The van der Waals surface area contributed by atoms with Crippen molar-refractivity contribution < 1.29 is 9.59 Å². The molecule has 0 fully saturated rings. The van der Waals surface area contributed by atoms with Crippen LogP contribution in [0.1, 0.15) is 6.92 Å². The Morgan fingerprint density at radius 1 is 1.67 bits per heavy atom. The van der Waals surface area contributed by atoms with Gasteiger partial charge >= 0.3 is 6.03 Å². The van der Waals surface area contributed by atoms with Gasteiger partial charge in [-0.15, -0.1) is 0 Å². The summed E-state index contributed by atoms with van der Waals surface area (Å²) >= 11 is 0. The molecule has 5 heteroatoms. The zero-order chi connectivity index (χ0) is 7.70. The zero-order valence-corrected chi connectivity index (χ0v) is 5.13. The van der Waals surface area contributed by atoms with Crippen molar-refractivity contribution in [2.24, 2.45) is 16.5 Å². The molecule has 0 rings (SSSR count). The highest BCUT2D eigenvalue weighted by atomic mass is 16.2. The van der Waals surface area contributed by atoms with Gasteiger partial charge in [0.25, 0.3) is 0 Å². The summed E-state index contributed by atoms with van der Waals surface area (Å²) < 4.78 is 0. The second kappa shape index (κ2) is 9.82. The van der Waals surface area contributed by atoms with Crippen molar-refractivity contribution in [1.29, 1.82) is 0 Å². The van der Waals surface area contributed by atoms with E-state index in [-0.39, 0.29) is 0 Å². The molecule has 0 aromatic rings. The first-order valence-electron chi connectivity index (χ1n) is 2.23. The fourth-order valence-corrected chi connectivity index (χ4v) is 0.0645. The first-order chi connectivity index (χ1) is 4.15. The molecule has 52 valence electrons. The molecule has 4 N–H and O–H groups in total. The van der Waals surface area contributed by atoms with E-state index in [1.165, 1.54) is 6.08 Å². The number of hydrogen-bond acceptors (Lipinski definition) is 3. The number of nitrogens with two attached hydrogens (primary N) is 2. The quantitative estimate of drug-likeness (QED) is 0.365. The number of amides is 2. The standard InChI is InChI=1S/C3H5NO.CH4N2O/c1-2-4-3-5;2-1(3)4/h2H2,1H3;(H4,2,3,4). The number of rotatable bonds is 1. The summed E-state index contributed by atoms with van der Waals surface area (Å²) in [6.07, 6.45) is 1.39. The van der Waals surface area contributed by atoms with Gasteiger partial charge in [-0.3, -0.25) is 0 Å². The van der Waals surface area contributed by atoms with Gasteiger partial charge in [-0.25, -0.2) is 14.6 Å². The molecule has 0 atom stereocenters. The largest absolute Gasteiger partial charge is 0.352 e. The van der Waals surface area contributed by atoms with Gasteiger partial charge in [0.05, 0.1) is 0 Å². The highest BCUT2D eigenvalue weighted by Crippen LogP contribution is 1.52. The predicted molar refractivity (Wildman–Crippen MR) is 32.4 cm³/mol. The van der Waals surface area contributed by atoms with Crippen LogP contribution in [0.25, 0.3) is 0 Å². The number of isocyanates is 1. The molecule has 9 heavy (non-hydrogen) atoms. The topological polar surface area (TPSA) is 98.5 Å². The molecule has 0 aliphatic heterocycles. The van der Waals surface area contributed by atoms with Gasteiger partial charge in [-0.05, 0) is 6.92 Å². The molecule has 2 amide bonds. The van der Waals surface area contributed by atoms with Crippen molar-refractivity contribution in [3.05, 3.63) is 0 Å². The molecule has 5 nitrogen and oxygen atoms in total. The lowest BCUT2D eigenvalue weighted by Crippen LogP contribution is -2.18. The average molecular weight is 131 g/mol. The van der Waals surface area contributed by atoms with E-state index in [1.54, 1.807) is 6.92 Å². The van der Waals surface area contributed by atoms with Crippen LogP contribution in [-0.2, 0) is 4.79 Å². The van der Waals surface area contributed by atoms with Crippen LogP contribution >= 0.6 is 0 Å². The minimum Gasteiger partial charge on any atom is -0.352 e. The minimum absolute atomic E-state index is 0.545. The molecular weight excluding hydrogens is 122 g/mol. The summed E-state index contributed by atoms with van der Waals surface area (Å²) in [5.41, 5.74) is 8.50. The van der Waals surface area contributed by atoms with E-state index < -0.39 is 6.03 Å². The van der Waals surface area contributed by atoms with Gasteiger partial charge in [0.2, 0.25) is 6.08 Å². The molecule has 0 saturated heterocycles. The fourth-order valence-electron chi connectivity index (χ4n) is 0.0645. The summed E-state index contributed by atoms with van der Waals surface area (Å²) in [6.45, 7) is 2.33. The molecule has 0 bridgehead atoms. The Morgan fingerprint density at radius 2 is 2.00 bits per heavy atom. The SMILES string of the molecule is CCN=C=O.NC(N)=O. The van der Waals surface area contributed by atoms with E-state index in [2.05, 4.69) is 16.5 Å². The van der Waals surface area contributed by atoms with E-state index in [0.29, 0.717) is 6.54 Å². The van der Waals surface area contributed by atoms with E-state index in [1.807, 2.05) is 0 Å². The summed E-state index contributed by atoms with van der Waals surface area (Å²) in [5.74, 6) is 0. The number of carbonyl (C=O) groups excluding carboxylic acids is 2. The molecule has 0 radical (unpaired) electrons. The summed E-state index contributed by atoms with van der Waals surface area (Å²) in [6, 6.07) is -0.833. The Kier molecular flexibility index (Phi) is 11.6. The first kappa shape index (κ1) is 10.6. The number of carbonyl (C=O) groups is 1. The van der Waals surface area contributed by atoms with Crippen LogP contribution in [0.2, 0.25) is 0 Å². The molecule has 0 saturated carbocycles. The van der Waals surface area contributed by atoms with Gasteiger partial charge < -0.3 is 11.5 Å². The van der Waals surface area contributed by atoms with E-state index in [9.17, 15) is 0 Å². The van der Waals surface area contributed by atoms with Crippen molar-refractivity contribution in [2.45, 2.75) is 6.92 Å². The lowest BCUT2D eigenvalue weighted by molar-refractivity contribution is 0.256. The summed E-state index contributed by atoms with van der Waals surface area (Å²) in [5, 5.41) is 0. The fraction of sp³-hybridized carbons (Fsp3) is 0.500. The number of aliphatic imine (C=N–C) groups is 1. The molecule has 0 heterocycles. The van der Waals surface area contributed by atoms with Crippen molar-refractivity contribution in [1.82, 2.24) is 0 Å². The Labute approximate surface area is 52.7 Å². The van der Waals surface area contributed by atoms with Crippen molar-refractivity contribution in [3.63, 3.8) is 0 Å². The van der Waals surface area contributed by atoms with E-state index >= 15 is 0 Å². The second-order valence-electron chi connectivity index (χ2n) is 0.968. The number of primary amides is 2. The highest BCUT2D eigenvalue weighted by Gasteiger charge is 1.60. The van der Waals surface area contributed by atoms with Gasteiger partial charge in [0.15, 0.2) is 0 Å². The van der Waals surface area contributed by atoms with Gasteiger partial charge in [0, 0.05) is 6.54 Å². The maximum Gasteiger partial charge on any atom is 0.309 e. The summed E-state index contributed by atoms with van der Waals surface area (Å²) in [4.78, 5) is 21.3. The number of hydrogen-bond donors (Lipinski definition) is 2. The molecule has 0 spiro atoms. The lowest BCUT2D eigenvalue weighted by atomic mass is 10.8. The van der Waals surface area contributed by atoms with Crippen LogP contribution in [0, 0.1) is 0 Å². The van der Waals surface area contributed by atoms with Crippen molar-refractivity contribution in [2.75, 3.05) is 6.54 Å². The third-order valence-electron chi connectivity index (χ3n) is 0.223. The molecule has 0 aromatic heterocycles. The van der Waals surface area contributed by atoms with E-state index in [4.69, 9.17) is 9.59 Å². The van der Waals surface area contributed by atoms with Gasteiger partial charge in [0.1, 0.15) is 0 Å². The Balaban J connectivity index is 0. The maximum atomic E-state index is 9.11. The highest BCUT2D eigenvalue weighted by molar-refractivity contribution is 5.69. The van der Waals surface area contributed by atoms with Crippen molar-refractivity contribution in [3.8, 4) is 0 Å². The van der Waals surface area contributed by atoms with Gasteiger partial charge in [-0.1, -0.05) is 0 Å². The van der Waals surface area contributed by atoms with Crippen LogP contribution in [0.15, 0.2) is 4.99 Å². The predicted octanol–water partition coefficient (Wildman–Crippen LogP) is -0.634. The third kappa shape index (κ3) is 340. The first-order valence-corrected chi connectivity index (χ1v) is 2.23. The molecule has 0 aliphatic rings. The zero-order valence-electron chi connectivity index (χ0n) is 5.13. The minimum atomic E-state index is -0.833. The van der Waals surface area contributed by atoms with Crippen LogP contribution in [0.3, 0.4) is 0 Å². The van der Waals surface area contributed by atoms with Crippen molar-refractivity contribution >= 4 is 12.1 Å². The maximum absolute atomic E-state index is 9.11. The van der Waals surface area contributed by atoms with Crippen LogP contribution in [0.5, 0.6) is 0 Å². The lowest BCUT2D eigenvalue weighted by Gasteiger charge is -1.62. The average Bonchev–Trinajstić information content (AvgIpc) is 1.66. The Morgan fingerprint density at radius 3 is 2.00 bits per heavy atom. The molecule has 0 aromatic carbocycles. The smallest absolute Gasteiger partial charge is 0.309 e. The third-order valence-corrected chi connectivity index (χ3v) is 0.223. The Hall–Kier alpha value is -1.35. The number of nitrogens with zero attached hydrogens (tertiary/aromatic N) is 1. The van der Waals surface area contributed by atoms with Crippen LogP contribution in [0.4, 0.5) is 4.79 Å². The summed E-state index contributed by atoms with van der Waals surface area (Å²) in [7, 11) is 0. The number of urea groups is 1. The second-order valence-corrected chi connectivity index (χ2v) is 0.968. The van der Waals surface area contributed by atoms with E-state index in [0.717, 1.165) is 0 Å². The molecule has 0 aliphatic carbocycles. The monoisotopic (exact) mass is 131 g/mol. The van der Waals surface area contributed by atoms with Crippen LogP contribution in [-0.4, -0.2) is 18.7 Å². The molecular formula is C4H9N3O2. The normalized spacial score (nSPS) is 5.89. The van der Waals surface area contributed by atoms with Gasteiger partial charge in [-0.2, -0.15) is 0 Å². The van der Waals surface area contributed by atoms with Crippen LogP contribution < -0.4 is 11.5 Å². The molecule has 0 unspecified atom stereocenters. The Bertz CT molecular complexity index is 113.